The Morgan fingerprint density at radius 3 is 0.957 bits per heavy atom. The average molecular weight is 327 g/mol. The van der Waals surface area contributed by atoms with Crippen molar-refractivity contribution in [2.24, 2.45) is 28.1 Å². The normalized spacial score (nSPS) is 22.4. The molecule has 23 heavy (non-hydrogen) atoms. The molecular weight excluding hydrogens is 276 g/mol. The Bertz CT molecular complexity index is 243. The highest BCUT2D eigenvalue weighted by Crippen LogP contribution is 2.36. The van der Waals surface area contributed by atoms with Crippen molar-refractivity contribution in [2.45, 2.75) is 122 Å². The van der Waals surface area contributed by atoms with Crippen LogP contribution >= 0.6 is 0 Å². The molecule has 0 aromatic rings. The van der Waals surface area contributed by atoms with Crippen molar-refractivity contribution >= 4 is 0 Å². The van der Waals surface area contributed by atoms with Crippen molar-refractivity contribution in [3.05, 3.63) is 0 Å². The molecular formula is C23H50. The van der Waals surface area contributed by atoms with Crippen LogP contribution in [0.3, 0.4) is 0 Å². The predicted octanol–water partition coefficient (Wildman–Crippen LogP) is 8.74. The van der Waals surface area contributed by atoms with Crippen LogP contribution in [0.2, 0.25) is 0 Å². The van der Waals surface area contributed by atoms with E-state index in [9.17, 15) is 0 Å². The van der Waals surface area contributed by atoms with Gasteiger partial charge in [0.2, 0.25) is 0 Å². The van der Waals surface area contributed by atoms with Crippen molar-refractivity contribution in [1.29, 1.82) is 0 Å². The summed E-state index contributed by atoms with van der Waals surface area (Å²) in [5.41, 5.74) is 1.46. The Kier molecular flexibility index (Phi) is 11.8. The third-order valence-corrected chi connectivity index (χ3v) is 6.70. The molecule has 0 aliphatic heterocycles. The van der Waals surface area contributed by atoms with E-state index in [-0.39, 0.29) is 0 Å². The molecule has 0 nitrogen and oxygen atoms in total. The molecule has 1 fully saturated rings. The van der Waals surface area contributed by atoms with Crippen molar-refractivity contribution < 1.29 is 0 Å². The van der Waals surface area contributed by atoms with Crippen LogP contribution in [-0.4, -0.2) is 0 Å². The van der Waals surface area contributed by atoms with Crippen LogP contribution in [0, 0.1) is 28.1 Å². The van der Waals surface area contributed by atoms with E-state index in [0.29, 0.717) is 16.2 Å². The highest BCUT2D eigenvalue weighted by atomic mass is 14.3. The van der Waals surface area contributed by atoms with Gasteiger partial charge in [-0.25, -0.2) is 0 Å². The monoisotopic (exact) mass is 326 g/mol. The van der Waals surface area contributed by atoms with Crippen LogP contribution in [0.25, 0.3) is 0 Å². The third-order valence-electron chi connectivity index (χ3n) is 6.70. The third kappa shape index (κ3) is 13.0. The zero-order valence-corrected chi connectivity index (χ0v) is 18.9. The Balaban J connectivity index is 0. The van der Waals surface area contributed by atoms with Gasteiger partial charge in [-0.1, -0.05) is 122 Å². The molecule has 0 aromatic carbocycles. The lowest BCUT2D eigenvalue weighted by Crippen LogP contribution is -2.25. The zero-order chi connectivity index (χ0) is 18.9. The van der Waals surface area contributed by atoms with Gasteiger partial charge in [0.25, 0.3) is 0 Å². The summed E-state index contributed by atoms with van der Waals surface area (Å²) in [5, 5.41) is 0. The molecule has 0 spiro atoms. The van der Waals surface area contributed by atoms with Gasteiger partial charge < -0.3 is 0 Å². The molecule has 1 unspecified atom stereocenters. The van der Waals surface area contributed by atoms with Crippen molar-refractivity contribution in [2.75, 3.05) is 0 Å². The Morgan fingerprint density at radius 2 is 0.870 bits per heavy atom. The maximum atomic E-state index is 2.38. The first-order chi connectivity index (χ1) is 10.2. The highest BCUT2D eigenvalue weighted by molar-refractivity contribution is 4.77. The van der Waals surface area contributed by atoms with Crippen LogP contribution < -0.4 is 0 Å². The maximum absolute atomic E-state index is 2.38. The standard InChI is InChI=1S/C8H16.C8H18.C7H16/c1-7-5-3-4-6-8(7)2;1-7(2,3)8(4,5)6;1-5-7(3,4)6-2/h7-8H,3-6H2,1-2H3;1-6H3;5-6H2,1-4H3/t7-,8?;;/m1../s1. The fourth-order valence-electron chi connectivity index (χ4n) is 1.75. The molecule has 0 heterocycles. The van der Waals surface area contributed by atoms with Crippen LogP contribution in [0.15, 0.2) is 0 Å². The molecule has 0 bridgehead atoms. The summed E-state index contributed by atoms with van der Waals surface area (Å²) in [6.07, 6.45) is 8.49. The van der Waals surface area contributed by atoms with E-state index in [2.05, 4.69) is 83.1 Å². The lowest BCUT2D eigenvalue weighted by Gasteiger charge is -2.34. The van der Waals surface area contributed by atoms with Crippen LogP contribution in [-0.2, 0) is 0 Å². The number of rotatable bonds is 2. The number of hydrogen-bond donors (Lipinski definition) is 0. The van der Waals surface area contributed by atoms with E-state index in [0.717, 1.165) is 11.8 Å². The summed E-state index contributed by atoms with van der Waals surface area (Å²) in [5.74, 6) is 2.01. The predicted molar refractivity (Wildman–Crippen MR) is 110 cm³/mol. The first-order valence-electron chi connectivity index (χ1n) is 10.2. The Hall–Kier alpha value is 0. The van der Waals surface area contributed by atoms with Crippen molar-refractivity contribution in [3.8, 4) is 0 Å². The highest BCUT2D eigenvalue weighted by Gasteiger charge is 2.26. The number of hydrogen-bond acceptors (Lipinski definition) is 0. The topological polar surface area (TPSA) is 0 Å². The second kappa shape index (κ2) is 10.8. The fraction of sp³-hybridized carbons (Fsp3) is 1.00. The molecule has 0 radical (unpaired) electrons. The second-order valence-electron chi connectivity index (χ2n) is 10.6. The van der Waals surface area contributed by atoms with Crippen molar-refractivity contribution in [1.82, 2.24) is 0 Å². The van der Waals surface area contributed by atoms with Gasteiger partial charge in [-0.2, -0.15) is 0 Å². The summed E-state index contributed by atoms with van der Waals surface area (Å²) in [6.45, 7) is 27.5. The van der Waals surface area contributed by atoms with E-state index < -0.39 is 0 Å². The summed E-state index contributed by atoms with van der Waals surface area (Å²) >= 11 is 0. The minimum Gasteiger partial charge on any atom is -0.0649 e. The second-order valence-corrected chi connectivity index (χ2v) is 10.6. The largest absolute Gasteiger partial charge is 0.0649 e. The Morgan fingerprint density at radius 1 is 0.609 bits per heavy atom. The van der Waals surface area contributed by atoms with Gasteiger partial charge >= 0.3 is 0 Å². The minimum absolute atomic E-state index is 0.437. The molecule has 0 heteroatoms. The lowest BCUT2D eigenvalue weighted by molar-refractivity contribution is 0.157. The van der Waals surface area contributed by atoms with E-state index >= 15 is 0 Å². The summed E-state index contributed by atoms with van der Waals surface area (Å²) < 4.78 is 0. The average Bonchev–Trinajstić information content (AvgIpc) is 2.41. The quantitative estimate of drug-likeness (QED) is 0.475. The van der Waals surface area contributed by atoms with Gasteiger partial charge in [0.05, 0.1) is 0 Å². The van der Waals surface area contributed by atoms with Gasteiger partial charge in [0.15, 0.2) is 0 Å². The maximum Gasteiger partial charge on any atom is -0.0334 e. The van der Waals surface area contributed by atoms with Gasteiger partial charge in [0, 0.05) is 0 Å². The molecule has 1 rings (SSSR count). The zero-order valence-electron chi connectivity index (χ0n) is 18.9. The van der Waals surface area contributed by atoms with E-state index in [4.69, 9.17) is 0 Å². The van der Waals surface area contributed by atoms with Crippen LogP contribution in [0.4, 0.5) is 0 Å². The molecule has 0 amide bonds. The summed E-state index contributed by atoms with van der Waals surface area (Å²) in [7, 11) is 0. The molecule has 0 aromatic heterocycles. The summed E-state index contributed by atoms with van der Waals surface area (Å²) in [6, 6.07) is 0. The van der Waals surface area contributed by atoms with Crippen molar-refractivity contribution in [3.63, 3.8) is 0 Å². The van der Waals surface area contributed by atoms with Crippen LogP contribution in [0.1, 0.15) is 122 Å². The lowest BCUT2D eigenvalue weighted by atomic mass is 9.71. The van der Waals surface area contributed by atoms with Gasteiger partial charge in [-0.3, -0.25) is 0 Å². The molecule has 2 atom stereocenters. The van der Waals surface area contributed by atoms with E-state index in [1.165, 1.54) is 38.5 Å². The molecule has 0 N–H and O–H groups in total. The van der Waals surface area contributed by atoms with E-state index in [1.807, 2.05) is 0 Å². The molecule has 1 aliphatic rings. The Labute approximate surface area is 150 Å². The minimum atomic E-state index is 0.437. The SMILES string of the molecule is CC(C)(C)C(C)(C)C.CC1CCCC[C@H]1C.CCC(C)(C)CC. The fourth-order valence-corrected chi connectivity index (χ4v) is 1.75. The first-order valence-corrected chi connectivity index (χ1v) is 10.2. The van der Waals surface area contributed by atoms with Gasteiger partial charge in [0.1, 0.15) is 0 Å². The molecule has 1 saturated carbocycles. The molecule has 0 saturated heterocycles. The van der Waals surface area contributed by atoms with Gasteiger partial charge in [-0.05, 0) is 28.1 Å². The van der Waals surface area contributed by atoms with Crippen LogP contribution in [0.5, 0.6) is 0 Å². The van der Waals surface area contributed by atoms with E-state index in [1.54, 1.807) is 0 Å². The van der Waals surface area contributed by atoms with Gasteiger partial charge in [-0.15, -0.1) is 0 Å². The smallest absolute Gasteiger partial charge is 0.0334 e. The summed E-state index contributed by atoms with van der Waals surface area (Å²) in [4.78, 5) is 0. The molecule has 1 aliphatic carbocycles. The molecule has 142 valence electrons. The first kappa shape index (κ1) is 25.2.